The summed E-state index contributed by atoms with van der Waals surface area (Å²) < 4.78 is 0. The first kappa shape index (κ1) is 14.3. The average molecular weight is 280 g/mol. The number of hydrogen-bond acceptors (Lipinski definition) is 4. The van der Waals surface area contributed by atoms with Gasteiger partial charge in [-0.25, -0.2) is 0 Å². The van der Waals surface area contributed by atoms with Crippen LogP contribution in [0.2, 0.25) is 0 Å². The van der Waals surface area contributed by atoms with Crippen LogP contribution < -0.4 is 5.32 Å². The molecule has 0 aromatic carbocycles. The molecule has 3 heterocycles. The number of nitrogens with zero attached hydrogens (tertiary/aromatic N) is 3. The number of fused-ring (bicyclic) bond motifs is 2. The van der Waals surface area contributed by atoms with Gasteiger partial charge in [0.2, 0.25) is 5.91 Å². The maximum absolute atomic E-state index is 12.6. The van der Waals surface area contributed by atoms with Crippen LogP contribution in [-0.2, 0) is 4.79 Å². The van der Waals surface area contributed by atoms with Crippen molar-refractivity contribution in [2.45, 2.75) is 31.3 Å². The number of hydrogen-bond donors (Lipinski definition) is 1. The Kier molecular flexibility index (Phi) is 4.29. The number of carbonyl (C=O) groups excluding carboxylic acids is 1. The fourth-order valence-electron chi connectivity index (χ4n) is 3.86. The Labute approximate surface area is 122 Å². The van der Waals surface area contributed by atoms with Crippen molar-refractivity contribution in [2.24, 2.45) is 5.92 Å². The van der Waals surface area contributed by atoms with Crippen LogP contribution in [0, 0.1) is 5.92 Å². The first-order valence-corrected chi connectivity index (χ1v) is 8.05. The lowest BCUT2D eigenvalue weighted by atomic mass is 9.88. The zero-order chi connectivity index (χ0) is 14.1. The summed E-state index contributed by atoms with van der Waals surface area (Å²) in [4.78, 5) is 19.4. The molecule has 0 aliphatic carbocycles. The molecule has 3 atom stereocenters. The summed E-state index contributed by atoms with van der Waals surface area (Å²) in [6.07, 6.45) is 3.54. The molecule has 0 aromatic rings. The Balaban J connectivity index is 1.45. The molecule has 5 nitrogen and oxygen atoms in total. The van der Waals surface area contributed by atoms with Gasteiger partial charge in [0.15, 0.2) is 0 Å². The highest BCUT2D eigenvalue weighted by molar-refractivity contribution is 5.80. The van der Waals surface area contributed by atoms with Gasteiger partial charge >= 0.3 is 0 Å². The van der Waals surface area contributed by atoms with Gasteiger partial charge in [-0.15, -0.1) is 0 Å². The maximum atomic E-state index is 12.6. The normalized spacial score (nSPS) is 34.1. The van der Waals surface area contributed by atoms with Gasteiger partial charge in [0, 0.05) is 51.4 Å². The zero-order valence-corrected chi connectivity index (χ0v) is 12.8. The first-order chi connectivity index (χ1) is 9.63. The Morgan fingerprint density at radius 3 is 2.50 bits per heavy atom. The third kappa shape index (κ3) is 3.00. The van der Waals surface area contributed by atoms with Crippen LogP contribution >= 0.6 is 0 Å². The van der Waals surface area contributed by atoms with Crippen molar-refractivity contribution in [2.75, 3.05) is 53.4 Å². The van der Waals surface area contributed by atoms with Crippen molar-refractivity contribution < 1.29 is 4.79 Å². The second kappa shape index (κ2) is 6.00. The number of carbonyl (C=O) groups is 1. The smallest absolute Gasteiger partial charge is 0.227 e. The van der Waals surface area contributed by atoms with Crippen molar-refractivity contribution in [1.29, 1.82) is 0 Å². The summed E-state index contributed by atoms with van der Waals surface area (Å²) in [5.74, 6) is 0.680. The van der Waals surface area contributed by atoms with E-state index in [4.69, 9.17) is 0 Å². The molecule has 0 spiro atoms. The molecular formula is C15H28N4O. The molecule has 20 heavy (non-hydrogen) atoms. The lowest BCUT2D eigenvalue weighted by Crippen LogP contribution is -2.52. The molecule has 114 valence electrons. The van der Waals surface area contributed by atoms with Crippen LogP contribution in [0.5, 0.6) is 0 Å². The molecule has 0 saturated carbocycles. The highest BCUT2D eigenvalue weighted by atomic mass is 16.2. The monoisotopic (exact) mass is 280 g/mol. The summed E-state index contributed by atoms with van der Waals surface area (Å²) in [6.45, 7) is 6.12. The van der Waals surface area contributed by atoms with Crippen LogP contribution in [0.15, 0.2) is 0 Å². The highest BCUT2D eigenvalue weighted by Crippen LogP contribution is 2.34. The molecule has 0 radical (unpaired) electrons. The highest BCUT2D eigenvalue weighted by Gasteiger charge is 2.44. The molecule has 5 heteroatoms. The van der Waals surface area contributed by atoms with Crippen LogP contribution in [0.3, 0.4) is 0 Å². The number of nitrogens with one attached hydrogen (secondary N) is 1. The fraction of sp³-hybridized carbons (Fsp3) is 0.933. The summed E-state index contributed by atoms with van der Waals surface area (Å²) >= 11 is 0. The van der Waals surface area contributed by atoms with Gasteiger partial charge < -0.3 is 15.1 Å². The number of likely N-dealkylation sites (N-methyl/N-ethyl adjacent to an activating group) is 1. The maximum Gasteiger partial charge on any atom is 0.227 e. The van der Waals surface area contributed by atoms with Crippen molar-refractivity contribution in [3.05, 3.63) is 0 Å². The fourth-order valence-corrected chi connectivity index (χ4v) is 3.86. The van der Waals surface area contributed by atoms with Crippen LogP contribution in [0.4, 0.5) is 0 Å². The molecule has 0 aromatic heterocycles. The van der Waals surface area contributed by atoms with E-state index >= 15 is 0 Å². The summed E-state index contributed by atoms with van der Waals surface area (Å²) in [5.41, 5.74) is 0. The predicted octanol–water partition coefficient (Wildman–Crippen LogP) is -0.167. The van der Waals surface area contributed by atoms with E-state index < -0.39 is 0 Å². The van der Waals surface area contributed by atoms with Crippen LogP contribution in [-0.4, -0.2) is 86.1 Å². The molecule has 3 aliphatic heterocycles. The second-order valence-electron chi connectivity index (χ2n) is 6.86. The third-order valence-corrected chi connectivity index (χ3v) is 5.16. The van der Waals surface area contributed by atoms with E-state index in [0.29, 0.717) is 18.0 Å². The molecular weight excluding hydrogens is 252 g/mol. The van der Waals surface area contributed by atoms with E-state index in [-0.39, 0.29) is 5.92 Å². The van der Waals surface area contributed by atoms with E-state index in [9.17, 15) is 4.79 Å². The summed E-state index contributed by atoms with van der Waals surface area (Å²) in [6, 6.07) is 1.09. The molecule has 1 N–H and O–H groups in total. The van der Waals surface area contributed by atoms with Gasteiger partial charge in [0.05, 0.1) is 5.92 Å². The van der Waals surface area contributed by atoms with Gasteiger partial charge in [-0.3, -0.25) is 9.69 Å². The Bertz CT molecular complexity index is 352. The predicted molar refractivity (Wildman–Crippen MR) is 79.6 cm³/mol. The van der Waals surface area contributed by atoms with Crippen LogP contribution in [0.1, 0.15) is 19.3 Å². The van der Waals surface area contributed by atoms with Gasteiger partial charge in [0.25, 0.3) is 0 Å². The minimum absolute atomic E-state index is 0.266. The summed E-state index contributed by atoms with van der Waals surface area (Å²) in [5, 5.41) is 3.58. The van der Waals surface area contributed by atoms with E-state index in [1.165, 1.54) is 12.8 Å². The van der Waals surface area contributed by atoms with E-state index in [0.717, 1.165) is 45.7 Å². The van der Waals surface area contributed by atoms with E-state index in [1.807, 2.05) is 0 Å². The van der Waals surface area contributed by atoms with Crippen molar-refractivity contribution in [1.82, 2.24) is 20.0 Å². The molecule has 3 rings (SSSR count). The van der Waals surface area contributed by atoms with Gasteiger partial charge in [-0.05, 0) is 33.4 Å². The Morgan fingerprint density at radius 2 is 1.95 bits per heavy atom. The second-order valence-corrected chi connectivity index (χ2v) is 6.86. The molecule has 3 fully saturated rings. The number of piperazine rings is 1. The van der Waals surface area contributed by atoms with Crippen molar-refractivity contribution in [3.8, 4) is 0 Å². The molecule has 1 amide bonds. The lowest BCUT2D eigenvalue weighted by molar-refractivity contribution is -0.138. The van der Waals surface area contributed by atoms with Crippen molar-refractivity contribution in [3.63, 3.8) is 0 Å². The topological polar surface area (TPSA) is 38.8 Å². The number of rotatable bonds is 4. The van der Waals surface area contributed by atoms with E-state index in [1.54, 1.807) is 0 Å². The SMILES string of the molecule is CN(C)CCN1CCN(C(=O)C2CC3CCC2N3)CC1. The van der Waals surface area contributed by atoms with E-state index in [2.05, 4.69) is 34.1 Å². The van der Waals surface area contributed by atoms with Crippen molar-refractivity contribution >= 4 is 5.91 Å². The van der Waals surface area contributed by atoms with Gasteiger partial charge in [0.1, 0.15) is 0 Å². The zero-order valence-electron chi connectivity index (χ0n) is 12.8. The Hall–Kier alpha value is -0.650. The van der Waals surface area contributed by atoms with Gasteiger partial charge in [-0.2, -0.15) is 0 Å². The molecule has 3 unspecified atom stereocenters. The standard InChI is InChI=1S/C15H28N4O/c1-17(2)5-6-18-7-9-19(10-8-18)15(20)13-11-12-3-4-14(13)16-12/h12-14,16H,3-11H2,1-2H3. The molecule has 3 aliphatic rings. The lowest BCUT2D eigenvalue weighted by Gasteiger charge is -2.37. The minimum Gasteiger partial charge on any atom is -0.340 e. The van der Waals surface area contributed by atoms with Gasteiger partial charge in [-0.1, -0.05) is 0 Å². The minimum atomic E-state index is 0.266. The number of amides is 1. The molecule has 2 bridgehead atoms. The first-order valence-electron chi connectivity index (χ1n) is 8.05. The van der Waals surface area contributed by atoms with Crippen LogP contribution in [0.25, 0.3) is 0 Å². The molecule has 3 saturated heterocycles. The average Bonchev–Trinajstić information content (AvgIpc) is 3.07. The summed E-state index contributed by atoms with van der Waals surface area (Å²) in [7, 11) is 4.23. The third-order valence-electron chi connectivity index (χ3n) is 5.16. The largest absolute Gasteiger partial charge is 0.340 e. The quantitative estimate of drug-likeness (QED) is 0.776. The Morgan fingerprint density at radius 1 is 1.20 bits per heavy atom.